The number of amides is 1. The Morgan fingerprint density at radius 1 is 1.10 bits per heavy atom. The van der Waals surface area contributed by atoms with E-state index in [1.54, 1.807) is 24.4 Å². The van der Waals surface area contributed by atoms with Gasteiger partial charge in [0.15, 0.2) is 11.3 Å². The van der Waals surface area contributed by atoms with Crippen molar-refractivity contribution in [3.05, 3.63) is 76.8 Å². The van der Waals surface area contributed by atoms with E-state index in [0.717, 1.165) is 10.9 Å². The maximum Gasteiger partial charge on any atom is 0.349 e. The topological polar surface area (TPSA) is 90.7 Å². The quantitative estimate of drug-likeness (QED) is 0.399. The predicted octanol–water partition coefficient (Wildman–Crippen LogP) is 3.16. The SMILES string of the molecule is COc1cccc2cc(C(=O)NCC#CCOc3ccc4cccnc4c3)c(=O)oc12. The van der Waals surface area contributed by atoms with E-state index in [1.165, 1.54) is 13.2 Å². The summed E-state index contributed by atoms with van der Waals surface area (Å²) in [7, 11) is 1.48. The van der Waals surface area contributed by atoms with E-state index in [0.29, 0.717) is 22.5 Å². The van der Waals surface area contributed by atoms with Crippen LogP contribution in [0.25, 0.3) is 21.9 Å². The molecule has 2 heterocycles. The average Bonchev–Trinajstić information content (AvgIpc) is 2.80. The smallest absolute Gasteiger partial charge is 0.349 e. The Kier molecular flexibility index (Phi) is 5.81. The van der Waals surface area contributed by atoms with Gasteiger partial charge in [-0.15, -0.1) is 0 Å². The first-order valence-corrected chi connectivity index (χ1v) is 9.48. The third-order valence-electron chi connectivity index (χ3n) is 4.54. The van der Waals surface area contributed by atoms with Gasteiger partial charge in [-0.2, -0.15) is 0 Å². The van der Waals surface area contributed by atoms with Crippen molar-refractivity contribution in [3.8, 4) is 23.3 Å². The number of ether oxygens (including phenoxy) is 2. The van der Waals surface area contributed by atoms with Crippen molar-refractivity contribution in [2.75, 3.05) is 20.3 Å². The molecule has 1 amide bonds. The largest absolute Gasteiger partial charge is 0.493 e. The summed E-state index contributed by atoms with van der Waals surface area (Å²) < 4.78 is 16.0. The van der Waals surface area contributed by atoms with Crippen LogP contribution in [0.2, 0.25) is 0 Å². The summed E-state index contributed by atoms with van der Waals surface area (Å²) in [4.78, 5) is 28.8. The van der Waals surface area contributed by atoms with Crippen molar-refractivity contribution in [3.63, 3.8) is 0 Å². The fourth-order valence-corrected chi connectivity index (χ4v) is 3.03. The summed E-state index contributed by atoms with van der Waals surface area (Å²) in [5, 5.41) is 4.21. The molecule has 4 rings (SSSR count). The van der Waals surface area contributed by atoms with Gasteiger partial charge in [-0.1, -0.05) is 30.0 Å². The first kappa shape index (κ1) is 20.0. The Bertz CT molecular complexity index is 1380. The van der Waals surface area contributed by atoms with Gasteiger partial charge in [0.1, 0.15) is 17.9 Å². The second-order valence-corrected chi connectivity index (χ2v) is 6.51. The van der Waals surface area contributed by atoms with E-state index >= 15 is 0 Å². The molecule has 0 atom stereocenters. The number of methoxy groups -OCH3 is 1. The summed E-state index contributed by atoms with van der Waals surface area (Å²) >= 11 is 0. The second kappa shape index (κ2) is 9.01. The number of fused-ring (bicyclic) bond motifs is 2. The van der Waals surface area contributed by atoms with Crippen LogP contribution >= 0.6 is 0 Å². The highest BCUT2D eigenvalue weighted by atomic mass is 16.5. The molecular formula is C24H18N2O5. The highest BCUT2D eigenvalue weighted by Crippen LogP contribution is 2.24. The van der Waals surface area contributed by atoms with Crippen molar-refractivity contribution in [1.29, 1.82) is 0 Å². The number of carbonyl (C=O) groups is 1. The lowest BCUT2D eigenvalue weighted by molar-refractivity contribution is 0.0955. The molecular weight excluding hydrogens is 396 g/mol. The van der Waals surface area contributed by atoms with Crippen molar-refractivity contribution in [2.45, 2.75) is 0 Å². The lowest BCUT2D eigenvalue weighted by Crippen LogP contribution is -2.28. The average molecular weight is 414 g/mol. The third-order valence-corrected chi connectivity index (χ3v) is 4.54. The highest BCUT2D eigenvalue weighted by molar-refractivity contribution is 5.97. The van der Waals surface area contributed by atoms with Gasteiger partial charge in [0.2, 0.25) is 0 Å². The lowest BCUT2D eigenvalue weighted by atomic mass is 10.1. The van der Waals surface area contributed by atoms with Gasteiger partial charge in [0.25, 0.3) is 5.91 Å². The molecule has 1 N–H and O–H groups in total. The fraction of sp³-hybridized carbons (Fsp3) is 0.125. The number of pyridine rings is 1. The number of para-hydroxylation sites is 1. The Labute approximate surface area is 177 Å². The van der Waals surface area contributed by atoms with Crippen molar-refractivity contribution in [1.82, 2.24) is 10.3 Å². The number of nitrogens with zero attached hydrogens (tertiary/aromatic N) is 1. The molecule has 31 heavy (non-hydrogen) atoms. The number of rotatable bonds is 5. The van der Waals surface area contributed by atoms with Crippen LogP contribution in [0, 0.1) is 11.8 Å². The van der Waals surface area contributed by atoms with Gasteiger partial charge in [0, 0.05) is 23.0 Å². The van der Waals surface area contributed by atoms with Crippen LogP contribution in [0.4, 0.5) is 0 Å². The Balaban J connectivity index is 1.34. The molecule has 7 heteroatoms. The molecule has 0 unspecified atom stereocenters. The maximum atomic E-state index is 12.3. The van der Waals surface area contributed by atoms with E-state index in [1.807, 2.05) is 30.3 Å². The van der Waals surface area contributed by atoms with Gasteiger partial charge in [-0.05, 0) is 30.3 Å². The van der Waals surface area contributed by atoms with Gasteiger partial charge < -0.3 is 19.2 Å². The van der Waals surface area contributed by atoms with Gasteiger partial charge in [0.05, 0.1) is 19.2 Å². The molecule has 0 aliphatic carbocycles. The minimum atomic E-state index is -0.740. The summed E-state index contributed by atoms with van der Waals surface area (Å²) in [5.74, 6) is 6.14. The van der Waals surface area contributed by atoms with Crippen LogP contribution in [0.15, 0.2) is 70.0 Å². The molecule has 0 aliphatic rings. The van der Waals surface area contributed by atoms with Gasteiger partial charge in [-0.3, -0.25) is 9.78 Å². The molecule has 0 spiro atoms. The Morgan fingerprint density at radius 2 is 1.97 bits per heavy atom. The molecule has 0 aliphatic heterocycles. The molecule has 4 aromatic rings. The summed E-state index contributed by atoms with van der Waals surface area (Å²) in [5.41, 5.74) is 0.303. The summed E-state index contributed by atoms with van der Waals surface area (Å²) in [6.45, 7) is 0.225. The van der Waals surface area contributed by atoms with Crippen LogP contribution in [0.5, 0.6) is 11.5 Å². The Hall–Kier alpha value is -4.31. The molecule has 0 saturated carbocycles. The van der Waals surface area contributed by atoms with E-state index in [-0.39, 0.29) is 18.7 Å². The third kappa shape index (κ3) is 4.49. The summed E-state index contributed by atoms with van der Waals surface area (Å²) in [6, 6.07) is 16.1. The monoisotopic (exact) mass is 414 g/mol. The minimum absolute atomic E-state index is 0.0665. The molecule has 154 valence electrons. The molecule has 2 aromatic heterocycles. The maximum absolute atomic E-state index is 12.3. The van der Waals surface area contributed by atoms with Crippen molar-refractivity contribution in [2.24, 2.45) is 0 Å². The lowest BCUT2D eigenvalue weighted by Gasteiger charge is -2.05. The fourth-order valence-electron chi connectivity index (χ4n) is 3.03. The van der Waals surface area contributed by atoms with E-state index in [2.05, 4.69) is 22.1 Å². The standard InChI is InChI=1S/C24H18N2O5/c1-29-21-8-4-6-17-14-19(24(28)31-22(17)21)23(27)26-11-2-3-13-30-18-10-9-16-7-5-12-25-20(16)15-18/h4-10,12,14-15H,11,13H2,1H3,(H,26,27). The first-order chi connectivity index (χ1) is 15.2. The van der Waals surface area contributed by atoms with Gasteiger partial charge in [-0.25, -0.2) is 4.79 Å². The number of carbonyl (C=O) groups excluding carboxylic acids is 1. The van der Waals surface area contributed by atoms with Crippen molar-refractivity contribution < 1.29 is 18.7 Å². The number of hydrogen-bond donors (Lipinski definition) is 1. The van der Waals surface area contributed by atoms with Crippen LogP contribution in [-0.2, 0) is 0 Å². The number of hydrogen-bond acceptors (Lipinski definition) is 6. The molecule has 7 nitrogen and oxygen atoms in total. The normalized spacial score (nSPS) is 10.4. The molecule has 0 fully saturated rings. The van der Waals surface area contributed by atoms with E-state index in [4.69, 9.17) is 13.9 Å². The number of benzene rings is 2. The zero-order valence-electron chi connectivity index (χ0n) is 16.7. The number of nitrogens with one attached hydrogen (secondary N) is 1. The Morgan fingerprint density at radius 3 is 2.84 bits per heavy atom. The molecule has 0 saturated heterocycles. The van der Waals surface area contributed by atoms with Crippen molar-refractivity contribution >= 4 is 27.8 Å². The predicted molar refractivity (Wildman–Crippen MR) is 116 cm³/mol. The first-order valence-electron chi connectivity index (χ1n) is 9.48. The number of aromatic nitrogens is 1. The second-order valence-electron chi connectivity index (χ2n) is 6.51. The molecule has 2 aromatic carbocycles. The van der Waals surface area contributed by atoms with E-state index in [9.17, 15) is 9.59 Å². The van der Waals surface area contributed by atoms with Crippen LogP contribution in [-0.4, -0.2) is 31.2 Å². The van der Waals surface area contributed by atoms with Crippen LogP contribution in [0.3, 0.4) is 0 Å². The van der Waals surface area contributed by atoms with Gasteiger partial charge >= 0.3 is 5.63 Å². The zero-order chi connectivity index (χ0) is 21.6. The molecule has 0 radical (unpaired) electrons. The molecule has 0 bridgehead atoms. The van der Waals surface area contributed by atoms with Crippen LogP contribution in [0.1, 0.15) is 10.4 Å². The highest BCUT2D eigenvalue weighted by Gasteiger charge is 2.14. The zero-order valence-corrected chi connectivity index (χ0v) is 16.7. The summed E-state index contributed by atoms with van der Waals surface area (Å²) in [6.07, 6.45) is 1.72. The van der Waals surface area contributed by atoms with E-state index < -0.39 is 11.5 Å². The van der Waals surface area contributed by atoms with Crippen LogP contribution < -0.4 is 20.4 Å². The minimum Gasteiger partial charge on any atom is -0.493 e.